The maximum absolute atomic E-state index is 4.65. The third-order valence-electron chi connectivity index (χ3n) is 4.04. The summed E-state index contributed by atoms with van der Waals surface area (Å²) in [7, 11) is -0.722. The van der Waals surface area contributed by atoms with E-state index in [2.05, 4.69) is 67.4 Å². The van der Waals surface area contributed by atoms with Crippen LogP contribution in [0.2, 0.25) is 37.8 Å². The van der Waals surface area contributed by atoms with E-state index in [0.29, 0.717) is 0 Å². The maximum atomic E-state index is 4.65. The topological polar surface area (TPSA) is 21.1 Å². The molecule has 1 aromatic rings. The van der Waals surface area contributed by atoms with Crippen LogP contribution in [0.25, 0.3) is 0 Å². The molecule has 104 valence electrons. The molecule has 0 aromatic carbocycles. The summed E-state index contributed by atoms with van der Waals surface area (Å²) < 4.78 is 4.86. The van der Waals surface area contributed by atoms with Gasteiger partial charge in [-0.05, 0) is 18.1 Å². The Bertz CT molecular complexity index is 370. The van der Waals surface area contributed by atoms with Crippen LogP contribution in [0.4, 0.5) is 5.82 Å². The number of imidazole rings is 1. The highest BCUT2D eigenvalue weighted by atomic mass is 28.4. The van der Waals surface area contributed by atoms with E-state index in [4.69, 9.17) is 0 Å². The number of anilines is 1. The van der Waals surface area contributed by atoms with E-state index < -0.39 is 16.5 Å². The summed E-state index contributed by atoms with van der Waals surface area (Å²) in [5.41, 5.74) is 0. The van der Waals surface area contributed by atoms with Crippen molar-refractivity contribution in [2.75, 3.05) is 4.23 Å². The van der Waals surface area contributed by atoms with Crippen molar-refractivity contribution in [2.24, 2.45) is 7.05 Å². The Balaban J connectivity index is 3.29. The summed E-state index contributed by atoms with van der Waals surface area (Å²) >= 11 is 0. The van der Waals surface area contributed by atoms with Crippen LogP contribution in [0.15, 0.2) is 12.5 Å². The van der Waals surface area contributed by atoms with Crippen LogP contribution in [0, 0.1) is 0 Å². The molecule has 1 rings (SSSR count). The minimum atomic E-state index is -1.39. The molecule has 0 aliphatic rings. The van der Waals surface area contributed by atoms with Crippen LogP contribution < -0.4 is 4.23 Å². The molecule has 0 radical (unpaired) electrons. The predicted octanol–water partition coefficient (Wildman–Crippen LogP) is 4.07. The van der Waals surface area contributed by atoms with E-state index in [9.17, 15) is 0 Å². The number of aryl methyl sites for hydroxylation is 1. The van der Waals surface area contributed by atoms with Crippen molar-refractivity contribution in [2.45, 2.75) is 58.5 Å². The number of aromatic nitrogens is 2. The van der Waals surface area contributed by atoms with Gasteiger partial charge in [0.05, 0.1) is 6.33 Å². The van der Waals surface area contributed by atoms with Crippen LogP contribution >= 0.6 is 0 Å². The van der Waals surface area contributed by atoms with Gasteiger partial charge in [-0.15, -0.1) is 0 Å². The second-order valence-electron chi connectivity index (χ2n) is 6.19. The van der Waals surface area contributed by atoms with E-state index >= 15 is 0 Å². The van der Waals surface area contributed by atoms with Crippen LogP contribution in [-0.2, 0) is 7.05 Å². The second kappa shape index (κ2) is 5.61. The third-order valence-corrected chi connectivity index (χ3v) is 14.2. The largest absolute Gasteiger partial charge is 0.408 e. The van der Waals surface area contributed by atoms with Gasteiger partial charge in [-0.1, -0.05) is 40.4 Å². The molecule has 0 unspecified atom stereocenters. The molecule has 0 saturated heterocycles. The van der Waals surface area contributed by atoms with Crippen molar-refractivity contribution in [1.82, 2.24) is 9.55 Å². The molecule has 0 spiro atoms. The van der Waals surface area contributed by atoms with Gasteiger partial charge in [-0.2, -0.15) is 0 Å². The van der Waals surface area contributed by atoms with Gasteiger partial charge < -0.3 is 8.80 Å². The Morgan fingerprint density at radius 3 is 1.89 bits per heavy atom. The molecular formula is C13H29N3Si2. The lowest BCUT2D eigenvalue weighted by atomic mass is 10.8. The smallest absolute Gasteiger partial charge is 0.148 e. The third kappa shape index (κ3) is 2.88. The van der Waals surface area contributed by atoms with Crippen LogP contribution in [0.5, 0.6) is 0 Å². The van der Waals surface area contributed by atoms with E-state index in [1.54, 1.807) is 0 Å². The van der Waals surface area contributed by atoms with Crippen molar-refractivity contribution < 1.29 is 0 Å². The molecule has 0 atom stereocenters. The van der Waals surface area contributed by atoms with Gasteiger partial charge in [0.1, 0.15) is 22.3 Å². The van der Waals surface area contributed by atoms with Gasteiger partial charge in [0, 0.05) is 13.2 Å². The SMILES string of the molecule is CC[Si](CC)(CC)N(c1cn(C)cn1)[Si](C)(C)C. The zero-order chi connectivity index (χ0) is 14.0. The fraction of sp³-hybridized carbons (Fsp3) is 0.769. The summed E-state index contributed by atoms with van der Waals surface area (Å²) in [6.07, 6.45) is 4.13. The van der Waals surface area contributed by atoms with E-state index in [1.807, 2.05) is 6.33 Å². The molecule has 0 saturated carbocycles. The lowest BCUT2D eigenvalue weighted by Gasteiger charge is -2.49. The van der Waals surface area contributed by atoms with Gasteiger partial charge in [0.2, 0.25) is 0 Å². The molecule has 0 amide bonds. The molecule has 0 aliphatic carbocycles. The molecule has 18 heavy (non-hydrogen) atoms. The molecule has 0 bridgehead atoms. The Morgan fingerprint density at radius 1 is 1.11 bits per heavy atom. The number of nitrogens with zero attached hydrogens (tertiary/aromatic N) is 3. The number of rotatable bonds is 6. The highest BCUT2D eigenvalue weighted by molar-refractivity contribution is 7.00. The lowest BCUT2D eigenvalue weighted by Crippen LogP contribution is -2.63. The maximum Gasteiger partial charge on any atom is 0.148 e. The van der Waals surface area contributed by atoms with Gasteiger partial charge in [-0.25, -0.2) is 4.98 Å². The van der Waals surface area contributed by atoms with E-state index in [1.165, 1.54) is 24.0 Å². The standard InChI is InChI=1S/C13H29N3Si2/c1-8-18(9-2,10-3)16(17(5,6)7)13-11-15(4)12-14-13/h11-12H,8-10H2,1-7H3. The van der Waals surface area contributed by atoms with Crippen molar-refractivity contribution >= 4 is 22.3 Å². The molecule has 0 fully saturated rings. The fourth-order valence-electron chi connectivity index (χ4n) is 3.04. The quantitative estimate of drug-likeness (QED) is 0.734. The Morgan fingerprint density at radius 2 is 1.61 bits per heavy atom. The summed E-state index contributed by atoms with van der Waals surface area (Å²) in [6, 6.07) is 3.96. The minimum Gasteiger partial charge on any atom is -0.408 e. The first-order valence-electron chi connectivity index (χ1n) is 7.09. The van der Waals surface area contributed by atoms with Gasteiger partial charge >= 0.3 is 0 Å². The average Bonchev–Trinajstić information content (AvgIpc) is 2.70. The molecule has 1 heterocycles. The molecule has 1 aromatic heterocycles. The summed E-state index contributed by atoms with van der Waals surface area (Å²) in [6.45, 7) is 14.5. The average molecular weight is 284 g/mol. The molecule has 5 heteroatoms. The molecular weight excluding hydrogens is 254 g/mol. The van der Waals surface area contributed by atoms with Crippen LogP contribution in [0.1, 0.15) is 20.8 Å². The van der Waals surface area contributed by atoms with Gasteiger partial charge in [0.15, 0.2) is 0 Å². The fourth-order valence-corrected chi connectivity index (χ4v) is 14.0. The van der Waals surface area contributed by atoms with E-state index in [-0.39, 0.29) is 0 Å². The van der Waals surface area contributed by atoms with Gasteiger partial charge in [-0.3, -0.25) is 0 Å². The summed E-state index contributed by atoms with van der Waals surface area (Å²) in [4.78, 5) is 4.65. The second-order valence-corrected chi connectivity index (χ2v) is 16.4. The monoisotopic (exact) mass is 283 g/mol. The predicted molar refractivity (Wildman–Crippen MR) is 86.2 cm³/mol. The molecule has 0 N–H and O–H groups in total. The van der Waals surface area contributed by atoms with Crippen LogP contribution in [-0.4, -0.2) is 26.0 Å². The highest BCUT2D eigenvalue weighted by Gasteiger charge is 2.42. The van der Waals surface area contributed by atoms with E-state index in [0.717, 1.165) is 0 Å². The first-order valence-corrected chi connectivity index (χ1v) is 13.1. The zero-order valence-electron chi connectivity index (χ0n) is 13.1. The first kappa shape index (κ1) is 15.5. The molecule has 0 aliphatic heterocycles. The van der Waals surface area contributed by atoms with Gasteiger partial charge in [0.25, 0.3) is 0 Å². The number of hydrogen-bond donors (Lipinski definition) is 0. The van der Waals surface area contributed by atoms with Crippen molar-refractivity contribution in [3.63, 3.8) is 0 Å². The minimum absolute atomic E-state index is 1.22. The van der Waals surface area contributed by atoms with Crippen molar-refractivity contribution in [1.29, 1.82) is 0 Å². The summed E-state index contributed by atoms with van der Waals surface area (Å²) in [5, 5.41) is 0. The van der Waals surface area contributed by atoms with Crippen molar-refractivity contribution in [3.8, 4) is 0 Å². The summed E-state index contributed by atoms with van der Waals surface area (Å²) in [5.74, 6) is 1.22. The Hall–Kier alpha value is -0.556. The first-order chi connectivity index (χ1) is 8.30. The normalized spacial score (nSPS) is 12.8. The zero-order valence-corrected chi connectivity index (χ0v) is 15.1. The lowest BCUT2D eigenvalue weighted by molar-refractivity contribution is 0.913. The Labute approximate surface area is 114 Å². The molecule has 3 nitrogen and oxygen atoms in total. The highest BCUT2D eigenvalue weighted by Crippen LogP contribution is 2.33. The van der Waals surface area contributed by atoms with Crippen molar-refractivity contribution in [3.05, 3.63) is 12.5 Å². The van der Waals surface area contributed by atoms with Crippen LogP contribution in [0.3, 0.4) is 0 Å². The Kier molecular flexibility index (Phi) is 4.83. The number of hydrogen-bond acceptors (Lipinski definition) is 2.